The van der Waals surface area contributed by atoms with E-state index in [4.69, 9.17) is 20.5 Å². The lowest BCUT2D eigenvalue weighted by Crippen LogP contribution is -2.56. The van der Waals surface area contributed by atoms with Gasteiger partial charge in [0.15, 0.2) is 0 Å². The smallest absolute Gasteiger partial charge is 0.451 e. The number of hydrogen-bond donors (Lipinski definition) is 4. The Labute approximate surface area is 197 Å². The van der Waals surface area contributed by atoms with Crippen molar-refractivity contribution in [2.24, 2.45) is 11.7 Å². The zero-order valence-corrected chi connectivity index (χ0v) is 19.5. The van der Waals surface area contributed by atoms with Crippen LogP contribution in [0.15, 0.2) is 18.2 Å². The number of halogens is 2. The topological polar surface area (TPSA) is 116 Å². The molecule has 1 fully saturated rings. The van der Waals surface area contributed by atoms with Gasteiger partial charge >= 0.3 is 13.1 Å². The minimum atomic E-state index is -1.34. The number of carboxylic acid groups (broad SMARTS) is 1. The van der Waals surface area contributed by atoms with Gasteiger partial charge in [0.2, 0.25) is 0 Å². The Kier molecular flexibility index (Phi) is 11.6. The maximum Gasteiger partial charge on any atom is 0.451 e. The number of nitrogens with two attached hydrogens (primary N) is 1. The Balaban J connectivity index is 0.00000240. The molecule has 0 radical (unpaired) electrons. The molecule has 2 heterocycles. The van der Waals surface area contributed by atoms with Crippen LogP contribution in [-0.2, 0) is 17.8 Å². The molecule has 1 unspecified atom stereocenters. The predicted octanol–water partition coefficient (Wildman–Crippen LogP) is 2.49. The fraction of sp³-hybridized carbons (Fsp3) is 0.667. The predicted molar refractivity (Wildman–Crippen MR) is 126 cm³/mol. The number of fused-ring (bicyclic) bond motifs is 1. The van der Waals surface area contributed by atoms with Gasteiger partial charge in [-0.15, -0.1) is 24.8 Å². The van der Waals surface area contributed by atoms with Crippen molar-refractivity contribution in [3.05, 3.63) is 29.3 Å². The molecule has 1 aromatic rings. The molecule has 2 aliphatic rings. The molecule has 0 amide bonds. The van der Waals surface area contributed by atoms with E-state index in [9.17, 15) is 9.90 Å². The lowest BCUT2D eigenvalue weighted by molar-refractivity contribution is -0.147. The summed E-state index contributed by atoms with van der Waals surface area (Å²) in [5.74, 6) is 0.00733. The molecule has 1 aromatic carbocycles. The van der Waals surface area contributed by atoms with Crippen molar-refractivity contribution in [3.8, 4) is 5.75 Å². The van der Waals surface area contributed by atoms with Crippen LogP contribution in [0, 0.1) is 5.92 Å². The molecule has 0 spiro atoms. The van der Waals surface area contributed by atoms with Crippen molar-refractivity contribution in [2.75, 3.05) is 19.7 Å². The van der Waals surface area contributed by atoms with Gasteiger partial charge in [-0.3, -0.25) is 9.69 Å². The van der Waals surface area contributed by atoms with Crippen LogP contribution in [0.5, 0.6) is 5.75 Å². The summed E-state index contributed by atoms with van der Waals surface area (Å²) in [6.07, 6.45) is 5.37. The van der Waals surface area contributed by atoms with Crippen molar-refractivity contribution in [1.29, 1.82) is 0 Å². The number of carbonyl (C=O) groups is 1. The highest BCUT2D eigenvalue weighted by molar-refractivity contribution is 6.40. The average Bonchev–Trinajstić information content (AvgIpc) is 2.71. The molecule has 0 aliphatic carbocycles. The van der Waals surface area contributed by atoms with Gasteiger partial charge in [-0.1, -0.05) is 31.0 Å². The van der Waals surface area contributed by atoms with Crippen LogP contribution in [0.1, 0.15) is 49.7 Å². The van der Waals surface area contributed by atoms with Crippen LogP contribution in [0.25, 0.3) is 0 Å². The average molecular weight is 477 g/mol. The number of aliphatic carboxylic acids is 1. The third-order valence-electron chi connectivity index (χ3n) is 6.43. The van der Waals surface area contributed by atoms with Crippen LogP contribution in [0.4, 0.5) is 0 Å². The van der Waals surface area contributed by atoms with Crippen molar-refractivity contribution < 1.29 is 24.7 Å². The molecule has 176 valence electrons. The second-order valence-electron chi connectivity index (χ2n) is 8.48. The molecule has 1 saturated heterocycles. The van der Waals surface area contributed by atoms with E-state index in [0.29, 0.717) is 19.3 Å². The number of benzene rings is 1. The second kappa shape index (κ2) is 12.9. The largest absolute Gasteiger partial charge is 0.493 e. The van der Waals surface area contributed by atoms with Crippen molar-refractivity contribution >= 4 is 37.9 Å². The fourth-order valence-electron chi connectivity index (χ4n) is 4.66. The highest BCUT2D eigenvalue weighted by atomic mass is 35.5. The number of aryl methyl sites for hydroxylation is 1. The maximum atomic E-state index is 11.9. The Morgan fingerprint density at radius 3 is 2.58 bits per heavy atom. The Bertz CT molecular complexity index is 704. The summed E-state index contributed by atoms with van der Waals surface area (Å²) in [4.78, 5) is 14.3. The maximum absolute atomic E-state index is 11.9. The van der Waals surface area contributed by atoms with Crippen molar-refractivity contribution in [2.45, 2.75) is 63.3 Å². The third kappa shape index (κ3) is 7.24. The van der Waals surface area contributed by atoms with Crippen LogP contribution < -0.4 is 10.5 Å². The summed E-state index contributed by atoms with van der Waals surface area (Å²) in [5.41, 5.74) is 7.60. The fourth-order valence-corrected chi connectivity index (χ4v) is 4.66. The molecule has 0 aromatic heterocycles. The van der Waals surface area contributed by atoms with Gasteiger partial charge in [0, 0.05) is 12.1 Å². The number of nitrogens with zero attached hydrogens (tertiary/aromatic N) is 1. The van der Waals surface area contributed by atoms with Crippen LogP contribution in [0.2, 0.25) is 6.32 Å². The van der Waals surface area contributed by atoms with Gasteiger partial charge < -0.3 is 25.6 Å². The minimum absolute atomic E-state index is 0. The SMILES string of the molecule is Cl.Cl.NC(CCCCB(O)O)(C(=O)O)C1CCN(Cc2cccc3c2OCCC3)CC1. The van der Waals surface area contributed by atoms with E-state index in [2.05, 4.69) is 23.1 Å². The highest BCUT2D eigenvalue weighted by Crippen LogP contribution is 2.34. The van der Waals surface area contributed by atoms with Gasteiger partial charge in [0.25, 0.3) is 0 Å². The van der Waals surface area contributed by atoms with E-state index < -0.39 is 18.6 Å². The van der Waals surface area contributed by atoms with Gasteiger partial charge in [-0.05, 0) is 63.0 Å². The molecule has 10 heteroatoms. The molecule has 5 N–H and O–H groups in total. The lowest BCUT2D eigenvalue weighted by Gasteiger charge is -2.40. The first kappa shape index (κ1) is 28.0. The molecule has 0 saturated carbocycles. The number of para-hydroxylation sites is 1. The van der Waals surface area contributed by atoms with Crippen molar-refractivity contribution in [3.63, 3.8) is 0 Å². The summed E-state index contributed by atoms with van der Waals surface area (Å²) in [7, 11) is -1.34. The molecular formula is C21H35BCl2N2O5. The lowest BCUT2D eigenvalue weighted by atomic mass is 9.74. The first-order chi connectivity index (χ1) is 13.9. The van der Waals surface area contributed by atoms with E-state index in [0.717, 1.165) is 57.7 Å². The Morgan fingerprint density at radius 1 is 1.23 bits per heavy atom. The number of unbranched alkanes of at least 4 members (excludes halogenated alkanes) is 1. The van der Waals surface area contributed by atoms with E-state index in [1.807, 2.05) is 0 Å². The standard InChI is InChI=1S/C21H33BN2O5.2ClH/c23-21(20(25)26,10-1-2-11-22(27)28)18-8-12-24(13-9-18)15-17-6-3-5-16-7-4-14-29-19(16)17;;/h3,5-6,18,27-28H,1-2,4,7-15,23H2,(H,25,26);2*1H. The first-order valence-electron chi connectivity index (χ1n) is 10.7. The van der Waals surface area contributed by atoms with E-state index in [1.54, 1.807) is 0 Å². The van der Waals surface area contributed by atoms with Gasteiger partial charge in [-0.25, -0.2) is 0 Å². The Morgan fingerprint density at radius 2 is 1.94 bits per heavy atom. The monoisotopic (exact) mass is 476 g/mol. The number of carboxylic acids is 1. The van der Waals surface area contributed by atoms with Crippen LogP contribution in [0.3, 0.4) is 0 Å². The molecule has 0 bridgehead atoms. The van der Waals surface area contributed by atoms with Crippen LogP contribution in [-0.4, -0.2) is 58.4 Å². The van der Waals surface area contributed by atoms with E-state index >= 15 is 0 Å². The normalized spacial score (nSPS) is 18.5. The van der Waals surface area contributed by atoms with Gasteiger partial charge in [-0.2, -0.15) is 0 Å². The zero-order chi connectivity index (χ0) is 20.9. The summed E-state index contributed by atoms with van der Waals surface area (Å²) < 4.78 is 5.91. The highest BCUT2D eigenvalue weighted by Gasteiger charge is 2.43. The number of likely N-dealkylation sites (tertiary alicyclic amines) is 1. The summed E-state index contributed by atoms with van der Waals surface area (Å²) in [6.45, 7) is 3.22. The van der Waals surface area contributed by atoms with Gasteiger partial charge in [0.05, 0.1) is 6.61 Å². The number of rotatable bonds is 9. The Hall–Kier alpha value is -1.03. The molecule has 3 rings (SSSR count). The molecular weight excluding hydrogens is 442 g/mol. The molecule has 7 nitrogen and oxygen atoms in total. The third-order valence-corrected chi connectivity index (χ3v) is 6.43. The molecule has 2 aliphatic heterocycles. The summed E-state index contributed by atoms with van der Waals surface area (Å²) in [5, 5.41) is 27.7. The molecule has 1 atom stereocenters. The molecule has 31 heavy (non-hydrogen) atoms. The van der Waals surface area contributed by atoms with E-state index in [1.165, 1.54) is 11.1 Å². The number of hydrogen-bond acceptors (Lipinski definition) is 6. The second-order valence-corrected chi connectivity index (χ2v) is 8.48. The number of piperidine rings is 1. The van der Waals surface area contributed by atoms with E-state index in [-0.39, 0.29) is 37.1 Å². The number of ether oxygens (including phenoxy) is 1. The quantitative estimate of drug-likeness (QED) is 0.319. The van der Waals surface area contributed by atoms with Crippen LogP contribution >= 0.6 is 24.8 Å². The van der Waals surface area contributed by atoms with Crippen molar-refractivity contribution in [1.82, 2.24) is 4.90 Å². The van der Waals surface area contributed by atoms with Gasteiger partial charge in [0.1, 0.15) is 11.3 Å². The summed E-state index contributed by atoms with van der Waals surface area (Å²) in [6, 6.07) is 6.35. The zero-order valence-electron chi connectivity index (χ0n) is 17.9. The summed E-state index contributed by atoms with van der Waals surface area (Å²) >= 11 is 0. The first-order valence-corrected chi connectivity index (χ1v) is 10.7. The minimum Gasteiger partial charge on any atom is -0.493 e.